The van der Waals surface area contributed by atoms with Crippen molar-refractivity contribution in [2.24, 2.45) is 5.92 Å². The Morgan fingerprint density at radius 2 is 2.14 bits per heavy atom. The van der Waals surface area contributed by atoms with Crippen LogP contribution in [-0.2, 0) is 10.2 Å². The highest BCUT2D eigenvalue weighted by atomic mass is 35.5. The van der Waals surface area contributed by atoms with Gasteiger partial charge in [0.1, 0.15) is 0 Å². The lowest BCUT2D eigenvalue weighted by Crippen LogP contribution is -2.45. The van der Waals surface area contributed by atoms with Gasteiger partial charge in [-0.1, -0.05) is 43.6 Å². The van der Waals surface area contributed by atoms with Gasteiger partial charge in [-0.15, -0.1) is 0 Å². The van der Waals surface area contributed by atoms with Gasteiger partial charge in [0.15, 0.2) is 0 Å². The quantitative estimate of drug-likeness (QED) is 0.897. The second-order valence-electron chi connectivity index (χ2n) is 6.66. The molecular weight excluding hydrogens is 284 g/mol. The van der Waals surface area contributed by atoms with Crippen LogP contribution in [0.4, 0.5) is 0 Å². The van der Waals surface area contributed by atoms with Crippen molar-refractivity contribution in [3.63, 3.8) is 0 Å². The third-order valence-corrected chi connectivity index (χ3v) is 4.63. The van der Waals surface area contributed by atoms with E-state index in [4.69, 9.17) is 11.6 Å². The molecule has 0 unspecified atom stereocenters. The first kappa shape index (κ1) is 16.3. The highest BCUT2D eigenvalue weighted by Gasteiger charge is 2.28. The van der Waals surface area contributed by atoms with Crippen LogP contribution in [0.2, 0.25) is 5.02 Å². The topological polar surface area (TPSA) is 41.1 Å². The number of hydrogen-bond donors (Lipinski definition) is 2. The molecular formula is C17H25ClN2O. The van der Waals surface area contributed by atoms with Crippen LogP contribution in [0.5, 0.6) is 0 Å². The van der Waals surface area contributed by atoms with Gasteiger partial charge in [0.05, 0.1) is 0 Å². The summed E-state index contributed by atoms with van der Waals surface area (Å²) in [5.74, 6) is 0.298. The summed E-state index contributed by atoms with van der Waals surface area (Å²) < 4.78 is 0. The van der Waals surface area contributed by atoms with Gasteiger partial charge >= 0.3 is 0 Å². The maximum Gasteiger partial charge on any atom is 0.223 e. The Morgan fingerprint density at radius 3 is 2.81 bits per heavy atom. The third kappa shape index (κ3) is 4.21. The van der Waals surface area contributed by atoms with E-state index in [9.17, 15) is 4.79 Å². The number of halogens is 1. The lowest BCUT2D eigenvalue weighted by molar-refractivity contribution is -0.126. The van der Waals surface area contributed by atoms with Gasteiger partial charge < -0.3 is 10.6 Å². The SMILES string of the molecule is C[C@H]1C[C@@H](C(=O)NCC(C)(C)c2ccccc2Cl)CCN1. The summed E-state index contributed by atoms with van der Waals surface area (Å²) in [5.41, 5.74) is 0.901. The smallest absolute Gasteiger partial charge is 0.223 e. The second kappa shape index (κ2) is 6.80. The first-order chi connectivity index (χ1) is 9.90. The summed E-state index contributed by atoms with van der Waals surface area (Å²) in [6, 6.07) is 8.26. The number of rotatable bonds is 4. The molecule has 2 rings (SSSR count). The van der Waals surface area contributed by atoms with Gasteiger partial charge in [-0.2, -0.15) is 0 Å². The zero-order chi connectivity index (χ0) is 15.5. The van der Waals surface area contributed by atoms with Crippen molar-refractivity contribution < 1.29 is 4.79 Å². The van der Waals surface area contributed by atoms with E-state index in [1.165, 1.54) is 0 Å². The van der Waals surface area contributed by atoms with Crippen molar-refractivity contribution in [1.29, 1.82) is 0 Å². The second-order valence-corrected chi connectivity index (χ2v) is 7.07. The monoisotopic (exact) mass is 308 g/mol. The Balaban J connectivity index is 1.95. The van der Waals surface area contributed by atoms with E-state index in [-0.39, 0.29) is 17.2 Å². The molecule has 0 spiro atoms. The summed E-state index contributed by atoms with van der Waals surface area (Å²) in [4.78, 5) is 12.3. The van der Waals surface area contributed by atoms with Crippen LogP contribution in [0.25, 0.3) is 0 Å². The van der Waals surface area contributed by atoms with Gasteiger partial charge in [-0.05, 0) is 37.9 Å². The van der Waals surface area contributed by atoms with Crippen molar-refractivity contribution in [3.8, 4) is 0 Å². The van der Waals surface area contributed by atoms with Crippen LogP contribution in [0, 0.1) is 5.92 Å². The number of carbonyl (C=O) groups is 1. The molecule has 0 aromatic heterocycles. The predicted octanol–water partition coefficient (Wildman–Crippen LogP) is 3.12. The molecule has 2 atom stereocenters. The van der Waals surface area contributed by atoms with Gasteiger partial charge in [0, 0.05) is 28.9 Å². The zero-order valence-corrected chi connectivity index (χ0v) is 13.8. The van der Waals surface area contributed by atoms with E-state index >= 15 is 0 Å². The van der Waals surface area contributed by atoms with Crippen LogP contribution >= 0.6 is 11.6 Å². The van der Waals surface area contributed by atoms with Crippen molar-refractivity contribution in [2.45, 2.75) is 45.1 Å². The highest BCUT2D eigenvalue weighted by Crippen LogP contribution is 2.29. The summed E-state index contributed by atoms with van der Waals surface area (Å²) in [7, 11) is 0. The van der Waals surface area contributed by atoms with Crippen LogP contribution in [0.1, 0.15) is 39.2 Å². The Bertz CT molecular complexity index is 501. The molecule has 1 aromatic rings. The maximum absolute atomic E-state index is 12.3. The normalized spacial score (nSPS) is 22.9. The number of piperidine rings is 1. The van der Waals surface area contributed by atoms with Crippen molar-refractivity contribution in [2.75, 3.05) is 13.1 Å². The van der Waals surface area contributed by atoms with Crippen molar-refractivity contribution >= 4 is 17.5 Å². The number of hydrogen-bond acceptors (Lipinski definition) is 2. The van der Waals surface area contributed by atoms with Gasteiger partial charge in [-0.25, -0.2) is 0 Å². The molecule has 116 valence electrons. The van der Waals surface area contributed by atoms with E-state index < -0.39 is 0 Å². The minimum absolute atomic E-state index is 0.128. The minimum atomic E-state index is -0.174. The Labute approximate surface area is 132 Å². The van der Waals surface area contributed by atoms with Crippen molar-refractivity contribution in [1.82, 2.24) is 10.6 Å². The molecule has 21 heavy (non-hydrogen) atoms. The van der Waals surface area contributed by atoms with Gasteiger partial charge in [0.2, 0.25) is 5.91 Å². The molecule has 1 fully saturated rings. The molecule has 0 radical (unpaired) electrons. The fourth-order valence-corrected chi connectivity index (χ4v) is 3.32. The summed E-state index contributed by atoms with van der Waals surface area (Å²) in [5, 5.41) is 7.25. The molecule has 0 bridgehead atoms. The van der Waals surface area contributed by atoms with Crippen molar-refractivity contribution in [3.05, 3.63) is 34.9 Å². The standard InChI is InChI=1S/C17H25ClN2O/c1-12-10-13(8-9-19-12)16(21)20-11-17(2,3)14-6-4-5-7-15(14)18/h4-7,12-13,19H,8-11H2,1-3H3,(H,20,21)/t12-,13-/m0/s1. The Hall–Kier alpha value is -1.06. The third-order valence-electron chi connectivity index (χ3n) is 4.30. The molecule has 0 saturated carbocycles. The Kier molecular flexibility index (Phi) is 5.28. The molecule has 1 amide bonds. The average molecular weight is 309 g/mol. The van der Waals surface area contributed by atoms with E-state index in [0.29, 0.717) is 12.6 Å². The van der Waals surface area contributed by atoms with E-state index in [1.807, 2.05) is 24.3 Å². The number of carbonyl (C=O) groups excluding carboxylic acids is 1. The van der Waals surface area contributed by atoms with E-state index in [1.54, 1.807) is 0 Å². The fourth-order valence-electron chi connectivity index (χ4n) is 2.93. The molecule has 1 aromatic carbocycles. The number of amides is 1. The molecule has 0 aliphatic carbocycles. The van der Waals surface area contributed by atoms with E-state index in [2.05, 4.69) is 31.4 Å². The highest BCUT2D eigenvalue weighted by molar-refractivity contribution is 6.31. The van der Waals surface area contributed by atoms with Crippen LogP contribution in [0.15, 0.2) is 24.3 Å². The van der Waals surface area contributed by atoms with Gasteiger partial charge in [0.25, 0.3) is 0 Å². The summed E-state index contributed by atoms with van der Waals surface area (Å²) >= 11 is 6.27. The van der Waals surface area contributed by atoms with Crippen LogP contribution in [0.3, 0.4) is 0 Å². The van der Waals surface area contributed by atoms with Crippen LogP contribution < -0.4 is 10.6 Å². The molecule has 1 aliphatic rings. The summed E-state index contributed by atoms with van der Waals surface area (Å²) in [6.45, 7) is 7.88. The number of nitrogens with one attached hydrogen (secondary N) is 2. The summed E-state index contributed by atoms with van der Waals surface area (Å²) in [6.07, 6.45) is 1.83. The largest absolute Gasteiger partial charge is 0.355 e. The van der Waals surface area contributed by atoms with Gasteiger partial charge in [-0.3, -0.25) is 4.79 Å². The Morgan fingerprint density at radius 1 is 1.43 bits per heavy atom. The van der Waals surface area contributed by atoms with E-state index in [0.717, 1.165) is 30.0 Å². The molecule has 1 aliphatic heterocycles. The first-order valence-electron chi connectivity index (χ1n) is 7.66. The first-order valence-corrected chi connectivity index (χ1v) is 8.04. The predicted molar refractivity (Wildman–Crippen MR) is 87.7 cm³/mol. The van der Waals surface area contributed by atoms with Crippen LogP contribution in [-0.4, -0.2) is 25.0 Å². The fraction of sp³-hybridized carbons (Fsp3) is 0.588. The average Bonchev–Trinajstić information content (AvgIpc) is 2.45. The lowest BCUT2D eigenvalue weighted by atomic mass is 9.84. The minimum Gasteiger partial charge on any atom is -0.355 e. The maximum atomic E-state index is 12.3. The molecule has 3 nitrogen and oxygen atoms in total. The molecule has 1 saturated heterocycles. The lowest BCUT2D eigenvalue weighted by Gasteiger charge is -2.30. The number of benzene rings is 1. The zero-order valence-electron chi connectivity index (χ0n) is 13.1. The molecule has 1 heterocycles. The molecule has 4 heteroatoms. The molecule has 2 N–H and O–H groups in total.